The van der Waals surface area contributed by atoms with Crippen molar-refractivity contribution in [3.8, 4) is 6.07 Å². The van der Waals surface area contributed by atoms with E-state index in [2.05, 4.69) is 21.5 Å². The second kappa shape index (κ2) is 5.55. The SMILES string of the molecule is Cc1nc(NN)c(C)c(N(C)c2cccc(C#N)c2)n1. The largest absolute Gasteiger partial charge is 0.329 e. The van der Waals surface area contributed by atoms with E-state index in [-0.39, 0.29) is 0 Å². The van der Waals surface area contributed by atoms with Gasteiger partial charge >= 0.3 is 0 Å². The van der Waals surface area contributed by atoms with Crippen LogP contribution in [0.4, 0.5) is 17.3 Å². The maximum Gasteiger partial charge on any atom is 0.148 e. The fourth-order valence-electron chi connectivity index (χ4n) is 1.99. The Labute approximate surface area is 117 Å². The maximum absolute atomic E-state index is 8.97. The highest BCUT2D eigenvalue weighted by Gasteiger charge is 2.14. The summed E-state index contributed by atoms with van der Waals surface area (Å²) in [6.07, 6.45) is 0. The van der Waals surface area contributed by atoms with Gasteiger partial charge in [0, 0.05) is 18.3 Å². The van der Waals surface area contributed by atoms with E-state index in [0.29, 0.717) is 17.2 Å². The molecular formula is C14H16N6. The van der Waals surface area contributed by atoms with E-state index in [9.17, 15) is 0 Å². The number of hydrogen-bond donors (Lipinski definition) is 2. The summed E-state index contributed by atoms with van der Waals surface area (Å²) in [4.78, 5) is 10.6. The van der Waals surface area contributed by atoms with Crippen LogP contribution in [0.15, 0.2) is 24.3 Å². The molecule has 1 aromatic carbocycles. The van der Waals surface area contributed by atoms with Crippen molar-refractivity contribution >= 4 is 17.3 Å². The van der Waals surface area contributed by atoms with E-state index in [0.717, 1.165) is 17.1 Å². The molecule has 6 nitrogen and oxygen atoms in total. The first kappa shape index (κ1) is 13.8. The number of anilines is 3. The third-order valence-corrected chi connectivity index (χ3v) is 3.05. The van der Waals surface area contributed by atoms with Gasteiger partial charge in [0.05, 0.1) is 11.6 Å². The first-order chi connectivity index (χ1) is 9.56. The minimum atomic E-state index is 0.593. The minimum Gasteiger partial charge on any atom is -0.329 e. The Hall–Kier alpha value is -2.65. The van der Waals surface area contributed by atoms with Gasteiger partial charge < -0.3 is 10.3 Å². The summed E-state index contributed by atoms with van der Waals surface area (Å²) in [5.41, 5.74) is 4.91. The number of nitrogen functional groups attached to an aromatic ring is 1. The third-order valence-electron chi connectivity index (χ3n) is 3.05. The first-order valence-corrected chi connectivity index (χ1v) is 6.12. The van der Waals surface area contributed by atoms with Gasteiger partial charge in [0.15, 0.2) is 0 Å². The molecule has 6 heteroatoms. The van der Waals surface area contributed by atoms with Gasteiger partial charge in [0.25, 0.3) is 0 Å². The van der Waals surface area contributed by atoms with Gasteiger partial charge in [-0.3, -0.25) is 0 Å². The first-order valence-electron chi connectivity index (χ1n) is 6.12. The molecule has 2 aromatic rings. The highest BCUT2D eigenvalue weighted by Crippen LogP contribution is 2.28. The van der Waals surface area contributed by atoms with Gasteiger partial charge in [-0.25, -0.2) is 15.8 Å². The lowest BCUT2D eigenvalue weighted by Gasteiger charge is -2.22. The number of aromatic nitrogens is 2. The zero-order valence-corrected chi connectivity index (χ0v) is 11.7. The Morgan fingerprint density at radius 3 is 2.70 bits per heavy atom. The molecule has 102 valence electrons. The smallest absolute Gasteiger partial charge is 0.148 e. The number of hydrogen-bond acceptors (Lipinski definition) is 6. The average Bonchev–Trinajstić information content (AvgIpc) is 2.48. The number of hydrazine groups is 1. The molecule has 1 heterocycles. The number of nitriles is 1. The average molecular weight is 268 g/mol. The number of rotatable bonds is 3. The van der Waals surface area contributed by atoms with Crippen LogP contribution in [0, 0.1) is 25.2 Å². The molecule has 0 fully saturated rings. The Balaban J connectivity index is 2.50. The lowest BCUT2D eigenvalue weighted by atomic mass is 10.2. The molecule has 0 saturated carbocycles. The van der Waals surface area contributed by atoms with Crippen molar-refractivity contribution in [3.63, 3.8) is 0 Å². The van der Waals surface area contributed by atoms with Gasteiger partial charge in [0.2, 0.25) is 0 Å². The topological polar surface area (TPSA) is 90.9 Å². The molecule has 0 aliphatic rings. The predicted molar refractivity (Wildman–Crippen MR) is 78.5 cm³/mol. The van der Waals surface area contributed by atoms with Gasteiger partial charge in [-0.1, -0.05) is 6.07 Å². The van der Waals surface area contributed by atoms with E-state index in [4.69, 9.17) is 11.1 Å². The molecule has 0 bridgehead atoms. The van der Waals surface area contributed by atoms with E-state index in [1.165, 1.54) is 0 Å². The third kappa shape index (κ3) is 2.53. The summed E-state index contributed by atoms with van der Waals surface area (Å²) in [6, 6.07) is 9.48. The summed E-state index contributed by atoms with van der Waals surface area (Å²) >= 11 is 0. The van der Waals surface area contributed by atoms with Crippen molar-refractivity contribution < 1.29 is 0 Å². The fourth-order valence-corrected chi connectivity index (χ4v) is 1.99. The van der Waals surface area contributed by atoms with Crippen LogP contribution in [0.1, 0.15) is 17.0 Å². The molecule has 0 radical (unpaired) electrons. The van der Waals surface area contributed by atoms with Gasteiger partial charge in [-0.15, -0.1) is 0 Å². The van der Waals surface area contributed by atoms with Crippen LogP contribution in [0.25, 0.3) is 0 Å². The molecule has 2 rings (SSSR count). The molecule has 0 spiro atoms. The maximum atomic E-state index is 8.97. The van der Waals surface area contributed by atoms with Crippen LogP contribution in [0.5, 0.6) is 0 Å². The molecule has 0 amide bonds. The molecule has 1 aromatic heterocycles. The predicted octanol–water partition coefficient (Wildman–Crippen LogP) is 2.02. The van der Waals surface area contributed by atoms with Crippen LogP contribution >= 0.6 is 0 Å². The van der Waals surface area contributed by atoms with Crippen LogP contribution in [0.2, 0.25) is 0 Å². The lowest BCUT2D eigenvalue weighted by molar-refractivity contribution is 0.986. The Morgan fingerprint density at radius 2 is 2.05 bits per heavy atom. The zero-order valence-electron chi connectivity index (χ0n) is 11.7. The number of nitrogens with two attached hydrogens (primary N) is 1. The van der Waals surface area contributed by atoms with Crippen LogP contribution in [0.3, 0.4) is 0 Å². The monoisotopic (exact) mass is 268 g/mol. The molecule has 0 saturated heterocycles. The highest BCUT2D eigenvalue weighted by atomic mass is 15.3. The standard InChI is InChI=1S/C14H16N6/c1-9-13(19-16)17-10(2)18-14(9)20(3)12-6-4-5-11(7-12)8-15/h4-7H,16H2,1-3H3,(H,17,18,19). The summed E-state index contributed by atoms with van der Waals surface area (Å²) < 4.78 is 0. The Morgan fingerprint density at radius 1 is 1.30 bits per heavy atom. The van der Waals surface area contributed by atoms with Crippen molar-refractivity contribution in [1.82, 2.24) is 9.97 Å². The molecule has 0 atom stereocenters. The minimum absolute atomic E-state index is 0.593. The molecule has 0 aliphatic heterocycles. The van der Waals surface area contributed by atoms with E-state index in [1.54, 1.807) is 6.07 Å². The van der Waals surface area contributed by atoms with Crippen molar-refractivity contribution in [2.45, 2.75) is 13.8 Å². The molecule has 0 aliphatic carbocycles. The lowest BCUT2D eigenvalue weighted by Crippen LogP contribution is -2.18. The van der Waals surface area contributed by atoms with Crippen molar-refractivity contribution in [2.24, 2.45) is 5.84 Å². The van der Waals surface area contributed by atoms with E-state index >= 15 is 0 Å². The normalized spacial score (nSPS) is 9.95. The van der Waals surface area contributed by atoms with Crippen LogP contribution in [-0.2, 0) is 0 Å². The van der Waals surface area contributed by atoms with Crippen LogP contribution in [-0.4, -0.2) is 17.0 Å². The second-order valence-corrected chi connectivity index (χ2v) is 4.43. The molecule has 20 heavy (non-hydrogen) atoms. The molecular weight excluding hydrogens is 252 g/mol. The molecule has 0 unspecified atom stereocenters. The zero-order chi connectivity index (χ0) is 14.7. The quantitative estimate of drug-likeness (QED) is 0.653. The number of nitrogens with one attached hydrogen (secondary N) is 1. The van der Waals surface area contributed by atoms with Gasteiger partial charge in [-0.2, -0.15) is 5.26 Å². The Kier molecular flexibility index (Phi) is 3.82. The van der Waals surface area contributed by atoms with E-state index < -0.39 is 0 Å². The van der Waals surface area contributed by atoms with Gasteiger partial charge in [-0.05, 0) is 32.0 Å². The number of nitrogens with zero attached hydrogens (tertiary/aromatic N) is 4. The van der Waals surface area contributed by atoms with E-state index in [1.807, 2.05) is 44.0 Å². The fraction of sp³-hybridized carbons (Fsp3) is 0.214. The summed E-state index contributed by atoms with van der Waals surface area (Å²) in [6.45, 7) is 3.71. The molecule has 3 N–H and O–H groups in total. The van der Waals surface area contributed by atoms with Crippen molar-refractivity contribution in [1.29, 1.82) is 5.26 Å². The summed E-state index contributed by atoms with van der Waals surface area (Å²) in [5, 5.41) is 8.97. The van der Waals surface area contributed by atoms with Gasteiger partial charge in [0.1, 0.15) is 17.5 Å². The van der Waals surface area contributed by atoms with Crippen molar-refractivity contribution in [3.05, 3.63) is 41.2 Å². The van der Waals surface area contributed by atoms with Crippen LogP contribution < -0.4 is 16.2 Å². The van der Waals surface area contributed by atoms with Crippen molar-refractivity contribution in [2.75, 3.05) is 17.4 Å². The number of benzene rings is 1. The highest BCUT2D eigenvalue weighted by molar-refractivity contribution is 5.67. The Bertz CT molecular complexity index is 674. The second-order valence-electron chi connectivity index (χ2n) is 4.43. The summed E-state index contributed by atoms with van der Waals surface area (Å²) in [7, 11) is 1.89. The number of aryl methyl sites for hydroxylation is 1. The summed E-state index contributed by atoms with van der Waals surface area (Å²) in [5.74, 6) is 7.44.